The molecule has 138 valence electrons. The van der Waals surface area contributed by atoms with Gasteiger partial charge >= 0.3 is 6.03 Å². The number of methoxy groups -OCH3 is 1. The monoisotopic (exact) mass is 354 g/mol. The molecule has 2 amide bonds. The van der Waals surface area contributed by atoms with Gasteiger partial charge in [-0.05, 0) is 41.8 Å². The quantitative estimate of drug-likeness (QED) is 0.864. The minimum atomic E-state index is 0.0297. The third kappa shape index (κ3) is 5.20. The van der Waals surface area contributed by atoms with Crippen LogP contribution < -0.4 is 10.1 Å². The van der Waals surface area contributed by atoms with E-state index in [1.807, 2.05) is 53.7 Å². The molecule has 2 aromatic rings. The highest BCUT2D eigenvalue weighted by atomic mass is 16.5. The molecule has 26 heavy (non-hydrogen) atoms. The van der Waals surface area contributed by atoms with Crippen LogP contribution in [0.2, 0.25) is 0 Å². The largest absolute Gasteiger partial charge is 0.497 e. The van der Waals surface area contributed by atoms with Crippen LogP contribution in [0.15, 0.2) is 48.8 Å². The van der Waals surface area contributed by atoms with Gasteiger partial charge in [0.2, 0.25) is 0 Å². The lowest BCUT2D eigenvalue weighted by Gasteiger charge is -2.34. The number of benzene rings is 1. The van der Waals surface area contributed by atoms with Gasteiger partial charge in [-0.1, -0.05) is 12.1 Å². The number of carbonyl (C=O) groups is 1. The Labute approximate surface area is 154 Å². The van der Waals surface area contributed by atoms with Crippen LogP contribution in [0.1, 0.15) is 11.1 Å². The standard InChI is InChI=1S/C20H26N4O2/c1-26-19-4-2-17(3-5-19)8-11-22-20(25)24-14-12-23(13-15-24)16-18-6-9-21-10-7-18/h2-7,9-10H,8,11-16H2,1H3,(H,22,25). The van der Waals surface area contributed by atoms with Crippen LogP contribution >= 0.6 is 0 Å². The number of pyridine rings is 1. The smallest absolute Gasteiger partial charge is 0.317 e. The van der Waals surface area contributed by atoms with Crippen LogP contribution in [0.3, 0.4) is 0 Å². The molecule has 1 aliphatic rings. The fourth-order valence-electron chi connectivity index (χ4n) is 3.07. The molecule has 2 heterocycles. The van der Waals surface area contributed by atoms with Crippen molar-refractivity contribution in [2.75, 3.05) is 39.8 Å². The van der Waals surface area contributed by atoms with E-state index in [1.54, 1.807) is 7.11 Å². The molecule has 1 aromatic heterocycles. The average molecular weight is 354 g/mol. The third-order valence-corrected chi connectivity index (χ3v) is 4.66. The number of hydrogen-bond acceptors (Lipinski definition) is 4. The lowest BCUT2D eigenvalue weighted by molar-refractivity contribution is 0.135. The van der Waals surface area contributed by atoms with E-state index < -0.39 is 0 Å². The van der Waals surface area contributed by atoms with Crippen molar-refractivity contribution >= 4 is 6.03 Å². The third-order valence-electron chi connectivity index (χ3n) is 4.66. The molecule has 6 nitrogen and oxygen atoms in total. The molecule has 1 aromatic carbocycles. The van der Waals surface area contributed by atoms with E-state index in [2.05, 4.69) is 15.2 Å². The van der Waals surface area contributed by atoms with Gasteiger partial charge in [0.05, 0.1) is 7.11 Å². The molecule has 0 saturated carbocycles. The van der Waals surface area contributed by atoms with Crippen molar-refractivity contribution in [1.29, 1.82) is 0 Å². The van der Waals surface area contributed by atoms with Gasteiger partial charge < -0.3 is 15.0 Å². The van der Waals surface area contributed by atoms with E-state index in [1.165, 1.54) is 11.1 Å². The molecule has 1 saturated heterocycles. The zero-order chi connectivity index (χ0) is 18.2. The van der Waals surface area contributed by atoms with Gasteiger partial charge in [0.1, 0.15) is 5.75 Å². The predicted molar refractivity (Wildman–Crippen MR) is 101 cm³/mol. The molecular formula is C20H26N4O2. The molecule has 1 fully saturated rings. The summed E-state index contributed by atoms with van der Waals surface area (Å²) < 4.78 is 5.15. The maximum atomic E-state index is 12.3. The first kappa shape index (κ1) is 18.2. The summed E-state index contributed by atoms with van der Waals surface area (Å²) in [5.74, 6) is 0.849. The second-order valence-electron chi connectivity index (χ2n) is 6.45. The normalized spacial score (nSPS) is 14.9. The molecule has 0 bridgehead atoms. The number of nitrogens with zero attached hydrogens (tertiary/aromatic N) is 3. The van der Waals surface area contributed by atoms with Crippen molar-refractivity contribution in [2.45, 2.75) is 13.0 Å². The molecule has 6 heteroatoms. The summed E-state index contributed by atoms with van der Waals surface area (Å²) in [5.41, 5.74) is 2.45. The minimum Gasteiger partial charge on any atom is -0.497 e. The van der Waals surface area contributed by atoms with Crippen molar-refractivity contribution < 1.29 is 9.53 Å². The molecule has 1 N–H and O–H groups in total. The molecule has 0 unspecified atom stereocenters. The summed E-state index contributed by atoms with van der Waals surface area (Å²) in [6, 6.07) is 12.1. The van der Waals surface area contributed by atoms with E-state index in [9.17, 15) is 4.79 Å². The number of piperazine rings is 1. The van der Waals surface area contributed by atoms with Crippen LogP contribution in [0.4, 0.5) is 4.79 Å². The summed E-state index contributed by atoms with van der Waals surface area (Å²) in [6.45, 7) is 4.87. The van der Waals surface area contributed by atoms with Gasteiger partial charge in [-0.2, -0.15) is 0 Å². The second kappa shape index (κ2) is 9.20. The lowest BCUT2D eigenvalue weighted by Crippen LogP contribution is -2.51. The van der Waals surface area contributed by atoms with E-state index in [-0.39, 0.29) is 6.03 Å². The van der Waals surface area contributed by atoms with Crippen molar-refractivity contribution in [1.82, 2.24) is 20.1 Å². The van der Waals surface area contributed by atoms with E-state index in [0.29, 0.717) is 6.54 Å². The number of rotatable bonds is 6. The molecule has 0 spiro atoms. The van der Waals surface area contributed by atoms with Gasteiger partial charge in [0.15, 0.2) is 0 Å². The summed E-state index contributed by atoms with van der Waals surface area (Å²) in [7, 11) is 1.66. The topological polar surface area (TPSA) is 57.7 Å². The highest BCUT2D eigenvalue weighted by molar-refractivity contribution is 5.74. The van der Waals surface area contributed by atoms with Gasteiger partial charge in [-0.15, -0.1) is 0 Å². The van der Waals surface area contributed by atoms with Crippen LogP contribution in [-0.2, 0) is 13.0 Å². The van der Waals surface area contributed by atoms with Crippen molar-refractivity contribution in [3.8, 4) is 5.75 Å². The summed E-state index contributed by atoms with van der Waals surface area (Å²) in [4.78, 5) is 20.6. The first-order chi connectivity index (χ1) is 12.7. The van der Waals surface area contributed by atoms with Crippen molar-refractivity contribution in [2.24, 2.45) is 0 Å². The van der Waals surface area contributed by atoms with Gasteiger partial charge in [-0.25, -0.2) is 4.79 Å². The van der Waals surface area contributed by atoms with Crippen molar-refractivity contribution in [3.05, 3.63) is 59.9 Å². The second-order valence-corrected chi connectivity index (χ2v) is 6.45. The molecule has 0 aliphatic carbocycles. The summed E-state index contributed by atoms with van der Waals surface area (Å²) in [5, 5.41) is 3.02. The molecule has 1 aliphatic heterocycles. The number of aromatic nitrogens is 1. The SMILES string of the molecule is COc1ccc(CCNC(=O)N2CCN(Cc3ccncc3)CC2)cc1. The van der Waals surface area contributed by atoms with Crippen molar-refractivity contribution in [3.63, 3.8) is 0 Å². The van der Waals surface area contributed by atoms with Gasteiger partial charge in [0, 0.05) is 51.7 Å². The highest BCUT2D eigenvalue weighted by Crippen LogP contribution is 2.11. The Morgan fingerprint density at radius 3 is 2.38 bits per heavy atom. The van der Waals surface area contributed by atoms with Gasteiger partial charge in [0.25, 0.3) is 0 Å². The Balaban J connectivity index is 1.36. The molecular weight excluding hydrogens is 328 g/mol. The molecule has 3 rings (SSSR count). The molecule has 0 radical (unpaired) electrons. The Morgan fingerprint density at radius 2 is 1.73 bits per heavy atom. The highest BCUT2D eigenvalue weighted by Gasteiger charge is 2.20. The Bertz CT molecular complexity index is 683. The first-order valence-electron chi connectivity index (χ1n) is 9.01. The van der Waals surface area contributed by atoms with Crippen LogP contribution in [0.25, 0.3) is 0 Å². The van der Waals surface area contributed by atoms with Gasteiger partial charge in [-0.3, -0.25) is 9.88 Å². The number of ether oxygens (including phenoxy) is 1. The lowest BCUT2D eigenvalue weighted by atomic mass is 10.1. The Hall–Kier alpha value is -2.60. The first-order valence-corrected chi connectivity index (χ1v) is 9.01. The Morgan fingerprint density at radius 1 is 1.04 bits per heavy atom. The number of nitrogens with one attached hydrogen (secondary N) is 1. The van der Waals surface area contributed by atoms with E-state index >= 15 is 0 Å². The van der Waals surface area contributed by atoms with Crippen LogP contribution in [0.5, 0.6) is 5.75 Å². The fourth-order valence-corrected chi connectivity index (χ4v) is 3.07. The average Bonchev–Trinajstić information content (AvgIpc) is 2.70. The number of carbonyl (C=O) groups excluding carboxylic acids is 1. The zero-order valence-electron chi connectivity index (χ0n) is 15.2. The van der Waals surface area contributed by atoms with Crippen LogP contribution in [-0.4, -0.2) is 60.6 Å². The summed E-state index contributed by atoms with van der Waals surface area (Å²) >= 11 is 0. The predicted octanol–water partition coefficient (Wildman–Crippen LogP) is 2.16. The van der Waals surface area contributed by atoms with Crippen LogP contribution in [0, 0.1) is 0 Å². The summed E-state index contributed by atoms with van der Waals surface area (Å²) in [6.07, 6.45) is 4.46. The maximum Gasteiger partial charge on any atom is 0.317 e. The number of amides is 2. The fraction of sp³-hybridized carbons (Fsp3) is 0.400. The maximum absolute atomic E-state index is 12.3. The number of hydrogen-bond donors (Lipinski definition) is 1. The van der Waals surface area contributed by atoms with E-state index in [0.717, 1.165) is 44.9 Å². The van der Waals surface area contributed by atoms with E-state index in [4.69, 9.17) is 4.74 Å². The minimum absolute atomic E-state index is 0.0297. The number of urea groups is 1. The Kier molecular flexibility index (Phi) is 6.44. The zero-order valence-corrected chi connectivity index (χ0v) is 15.2. The molecule has 0 atom stereocenters.